The van der Waals surface area contributed by atoms with Crippen LogP contribution in [0.15, 0.2) is 0 Å². The first-order valence-corrected chi connectivity index (χ1v) is 9.47. The maximum absolute atomic E-state index is 12.1. The Balaban J connectivity index is 2.13. The van der Waals surface area contributed by atoms with Gasteiger partial charge in [0, 0.05) is 26.7 Å². The van der Waals surface area contributed by atoms with Gasteiger partial charge in [0.25, 0.3) is 0 Å². The van der Waals surface area contributed by atoms with Gasteiger partial charge in [-0.3, -0.25) is 4.79 Å². The van der Waals surface area contributed by atoms with E-state index in [1.807, 2.05) is 7.05 Å². The van der Waals surface area contributed by atoms with Crippen molar-refractivity contribution in [2.45, 2.75) is 68.1 Å². The second-order valence-electron chi connectivity index (χ2n) is 7.39. The highest BCUT2D eigenvalue weighted by molar-refractivity contribution is 5.78. The third-order valence-corrected chi connectivity index (χ3v) is 5.53. The summed E-state index contributed by atoms with van der Waals surface area (Å²) in [4.78, 5) is 13.5. The van der Waals surface area contributed by atoms with Gasteiger partial charge in [0.2, 0.25) is 5.91 Å². The Kier molecular flexibility index (Phi) is 8.38. The number of ether oxygens (including phenoxy) is 3. The highest BCUT2D eigenvalue weighted by Crippen LogP contribution is 2.30. The number of nitrogens with zero attached hydrogens (tertiary/aromatic N) is 1. The molecular formula is C17H35N5O5. The molecule has 0 bridgehead atoms. The van der Waals surface area contributed by atoms with Crippen LogP contribution in [0.3, 0.4) is 0 Å². The number of hydrogen-bond donors (Lipinski definition) is 5. The SMILES string of the molecule is CNC[C@H]1CC[C@H](N)[C@@H](O[C@H]2[C@H](O)[C@H](N(C)C(=O)CN)[C@@H](OC)C[C@H]2N)O1. The summed E-state index contributed by atoms with van der Waals surface area (Å²) in [5.74, 6) is -0.296. The van der Waals surface area contributed by atoms with E-state index in [0.29, 0.717) is 13.0 Å². The summed E-state index contributed by atoms with van der Waals surface area (Å²) in [6.07, 6.45) is -0.883. The number of carbonyl (C=O) groups is 1. The molecule has 1 saturated heterocycles. The van der Waals surface area contributed by atoms with Gasteiger partial charge in [0.05, 0.1) is 30.8 Å². The molecule has 8 atom stereocenters. The Morgan fingerprint density at radius 3 is 2.63 bits per heavy atom. The zero-order chi connectivity index (χ0) is 20.1. The van der Waals surface area contributed by atoms with Crippen molar-refractivity contribution in [1.82, 2.24) is 10.2 Å². The van der Waals surface area contributed by atoms with E-state index in [9.17, 15) is 9.90 Å². The van der Waals surface area contributed by atoms with Crippen molar-refractivity contribution >= 4 is 5.91 Å². The van der Waals surface area contributed by atoms with Crippen molar-refractivity contribution in [2.24, 2.45) is 17.2 Å². The number of rotatable bonds is 7. The maximum Gasteiger partial charge on any atom is 0.236 e. The number of methoxy groups -OCH3 is 1. The number of aliphatic hydroxyl groups excluding tert-OH is 1. The fourth-order valence-electron chi connectivity index (χ4n) is 3.95. The van der Waals surface area contributed by atoms with Crippen LogP contribution in [-0.4, -0.2) is 99.0 Å². The molecule has 0 spiro atoms. The lowest BCUT2D eigenvalue weighted by Crippen LogP contribution is -2.67. The number of amides is 1. The molecule has 1 heterocycles. The number of likely N-dealkylation sites (N-methyl/N-ethyl adjacent to an activating group) is 2. The molecule has 0 aromatic rings. The molecule has 1 aliphatic heterocycles. The molecule has 0 unspecified atom stereocenters. The van der Waals surface area contributed by atoms with Gasteiger partial charge < -0.3 is 46.7 Å². The van der Waals surface area contributed by atoms with Gasteiger partial charge in [0.15, 0.2) is 6.29 Å². The second kappa shape index (κ2) is 10.1. The van der Waals surface area contributed by atoms with E-state index in [1.54, 1.807) is 7.05 Å². The molecule has 1 saturated carbocycles. The maximum atomic E-state index is 12.1. The Morgan fingerprint density at radius 2 is 2.04 bits per heavy atom. The second-order valence-corrected chi connectivity index (χ2v) is 7.39. The average Bonchev–Trinajstić information content (AvgIpc) is 2.65. The van der Waals surface area contributed by atoms with Gasteiger partial charge in [-0.1, -0.05) is 0 Å². The summed E-state index contributed by atoms with van der Waals surface area (Å²) in [5.41, 5.74) is 17.9. The zero-order valence-electron chi connectivity index (χ0n) is 16.4. The predicted octanol–water partition coefficient (Wildman–Crippen LogP) is -2.68. The summed E-state index contributed by atoms with van der Waals surface area (Å²) < 4.78 is 17.5. The lowest BCUT2D eigenvalue weighted by atomic mass is 9.83. The normalized spacial score (nSPS) is 40.0. The van der Waals surface area contributed by atoms with Crippen molar-refractivity contribution in [3.63, 3.8) is 0 Å². The largest absolute Gasteiger partial charge is 0.388 e. The third kappa shape index (κ3) is 5.15. The number of hydrogen-bond acceptors (Lipinski definition) is 9. The Bertz CT molecular complexity index is 485. The van der Waals surface area contributed by atoms with Crippen molar-refractivity contribution in [3.05, 3.63) is 0 Å². The molecule has 158 valence electrons. The van der Waals surface area contributed by atoms with E-state index in [0.717, 1.165) is 12.8 Å². The summed E-state index contributed by atoms with van der Waals surface area (Å²) in [7, 11) is 4.98. The first-order valence-electron chi connectivity index (χ1n) is 9.47. The van der Waals surface area contributed by atoms with Crippen molar-refractivity contribution < 1.29 is 24.1 Å². The summed E-state index contributed by atoms with van der Waals surface area (Å²) >= 11 is 0. The summed E-state index contributed by atoms with van der Waals surface area (Å²) in [6, 6.07) is -1.41. The molecule has 1 amide bonds. The van der Waals surface area contributed by atoms with Crippen LogP contribution in [0.25, 0.3) is 0 Å². The molecular weight excluding hydrogens is 354 g/mol. The van der Waals surface area contributed by atoms with E-state index >= 15 is 0 Å². The smallest absolute Gasteiger partial charge is 0.236 e. The van der Waals surface area contributed by atoms with Crippen LogP contribution >= 0.6 is 0 Å². The molecule has 2 rings (SSSR count). The minimum atomic E-state index is -1.06. The fraction of sp³-hybridized carbons (Fsp3) is 0.941. The Hall–Kier alpha value is -0.850. The lowest BCUT2D eigenvalue weighted by Gasteiger charge is -2.48. The van der Waals surface area contributed by atoms with Crippen LogP contribution in [0.5, 0.6) is 0 Å². The lowest BCUT2D eigenvalue weighted by molar-refractivity contribution is -0.254. The number of carbonyl (C=O) groups excluding carboxylic acids is 1. The summed E-state index contributed by atoms with van der Waals surface area (Å²) in [5, 5.41) is 14.1. The predicted molar refractivity (Wildman–Crippen MR) is 99.7 cm³/mol. The van der Waals surface area contributed by atoms with Crippen LogP contribution in [0.4, 0.5) is 0 Å². The minimum Gasteiger partial charge on any atom is -0.388 e. The van der Waals surface area contributed by atoms with Gasteiger partial charge in [-0.2, -0.15) is 0 Å². The van der Waals surface area contributed by atoms with Crippen LogP contribution in [-0.2, 0) is 19.0 Å². The molecule has 10 nitrogen and oxygen atoms in total. The highest BCUT2D eigenvalue weighted by atomic mass is 16.7. The molecule has 8 N–H and O–H groups in total. The molecule has 0 aromatic heterocycles. The van der Waals surface area contributed by atoms with Crippen LogP contribution in [0.2, 0.25) is 0 Å². The van der Waals surface area contributed by atoms with E-state index < -0.39 is 36.7 Å². The van der Waals surface area contributed by atoms with Gasteiger partial charge in [-0.25, -0.2) is 0 Å². The van der Waals surface area contributed by atoms with E-state index in [-0.39, 0.29) is 24.6 Å². The molecule has 0 aromatic carbocycles. The number of aliphatic hydroxyl groups is 1. The zero-order valence-corrected chi connectivity index (χ0v) is 16.4. The van der Waals surface area contributed by atoms with E-state index in [4.69, 9.17) is 31.4 Å². The Morgan fingerprint density at radius 1 is 1.33 bits per heavy atom. The first kappa shape index (κ1) is 22.4. The number of nitrogens with two attached hydrogens (primary N) is 3. The van der Waals surface area contributed by atoms with Crippen molar-refractivity contribution in [2.75, 3.05) is 34.3 Å². The van der Waals surface area contributed by atoms with E-state index in [1.165, 1.54) is 12.0 Å². The molecule has 2 fully saturated rings. The fourth-order valence-corrected chi connectivity index (χ4v) is 3.95. The van der Waals surface area contributed by atoms with Gasteiger partial charge in [-0.05, 0) is 26.3 Å². The topological polar surface area (TPSA) is 158 Å². The summed E-state index contributed by atoms with van der Waals surface area (Å²) in [6.45, 7) is 0.532. The Labute approximate surface area is 160 Å². The molecule has 27 heavy (non-hydrogen) atoms. The van der Waals surface area contributed by atoms with Gasteiger partial charge in [-0.15, -0.1) is 0 Å². The standard InChI is InChI=1S/C17H35N5O5/c1-21-8-9-4-5-10(19)17(26-9)27-16-11(20)6-12(25-3)14(15(16)24)22(2)13(23)7-18/h9-12,14-17,21,24H,4-8,18-20H2,1-3H3/t9-,10+,11-,12+,14-,15-,16-,17-/m1/s1. The first-order chi connectivity index (χ1) is 12.8. The highest BCUT2D eigenvalue weighted by Gasteiger charge is 2.48. The van der Waals surface area contributed by atoms with Crippen molar-refractivity contribution in [3.8, 4) is 0 Å². The van der Waals surface area contributed by atoms with Gasteiger partial charge in [0.1, 0.15) is 12.2 Å². The average molecular weight is 389 g/mol. The van der Waals surface area contributed by atoms with Crippen LogP contribution in [0.1, 0.15) is 19.3 Å². The quantitative estimate of drug-likeness (QED) is 0.313. The van der Waals surface area contributed by atoms with Crippen LogP contribution < -0.4 is 22.5 Å². The molecule has 2 aliphatic rings. The van der Waals surface area contributed by atoms with Crippen LogP contribution in [0, 0.1) is 0 Å². The monoisotopic (exact) mass is 389 g/mol. The van der Waals surface area contributed by atoms with Crippen molar-refractivity contribution in [1.29, 1.82) is 0 Å². The molecule has 10 heteroatoms. The minimum absolute atomic E-state index is 0.0132. The third-order valence-electron chi connectivity index (χ3n) is 5.53. The molecule has 0 radical (unpaired) electrons. The van der Waals surface area contributed by atoms with E-state index in [2.05, 4.69) is 5.32 Å². The molecule has 1 aliphatic carbocycles. The van der Waals surface area contributed by atoms with Gasteiger partial charge >= 0.3 is 0 Å². The number of nitrogens with one attached hydrogen (secondary N) is 1.